The SMILES string of the molecule is CCCCS(=O)(=O)OI(c1ccccc1)c1ccc(OC2CCCO2)cc1. The van der Waals surface area contributed by atoms with Crippen LogP contribution in [0.5, 0.6) is 5.75 Å². The summed E-state index contributed by atoms with van der Waals surface area (Å²) in [5.41, 5.74) is 0. The summed E-state index contributed by atoms with van der Waals surface area (Å²) in [5, 5.41) is 0. The van der Waals surface area contributed by atoms with Gasteiger partial charge in [0.25, 0.3) is 0 Å². The molecule has 148 valence electrons. The maximum absolute atomic E-state index is 12.4. The Morgan fingerprint density at radius 1 is 1.07 bits per heavy atom. The van der Waals surface area contributed by atoms with Gasteiger partial charge in [-0.1, -0.05) is 0 Å². The van der Waals surface area contributed by atoms with Gasteiger partial charge in [0.2, 0.25) is 0 Å². The Labute approximate surface area is 169 Å². The molecular formula is C20H25IO5S. The van der Waals surface area contributed by atoms with Gasteiger partial charge < -0.3 is 0 Å². The van der Waals surface area contributed by atoms with Crippen LogP contribution in [-0.2, 0) is 17.4 Å². The molecule has 0 spiro atoms. The van der Waals surface area contributed by atoms with Gasteiger partial charge in [0.15, 0.2) is 0 Å². The predicted molar refractivity (Wildman–Crippen MR) is 114 cm³/mol. The second kappa shape index (κ2) is 9.86. The van der Waals surface area contributed by atoms with Crippen LogP contribution in [0.1, 0.15) is 32.6 Å². The predicted octanol–water partition coefficient (Wildman–Crippen LogP) is 4.81. The van der Waals surface area contributed by atoms with Crippen molar-refractivity contribution in [2.45, 2.75) is 38.9 Å². The minimum absolute atomic E-state index is 0.0600. The van der Waals surface area contributed by atoms with E-state index in [4.69, 9.17) is 12.0 Å². The van der Waals surface area contributed by atoms with Crippen molar-refractivity contribution < 1.29 is 20.4 Å². The molecule has 0 radical (unpaired) electrons. The number of halogens is 1. The molecule has 1 saturated heterocycles. The zero-order chi connectivity index (χ0) is 19.1. The maximum atomic E-state index is 12.4. The van der Waals surface area contributed by atoms with Crippen molar-refractivity contribution in [3.05, 3.63) is 61.7 Å². The first-order chi connectivity index (χ1) is 13.1. The summed E-state index contributed by atoms with van der Waals surface area (Å²) in [7, 11) is -3.55. The summed E-state index contributed by atoms with van der Waals surface area (Å²) in [6.07, 6.45) is 3.14. The van der Waals surface area contributed by atoms with Gasteiger partial charge in [-0.15, -0.1) is 0 Å². The zero-order valence-electron chi connectivity index (χ0n) is 15.3. The van der Waals surface area contributed by atoms with Crippen LogP contribution >= 0.6 is 20.2 Å². The molecule has 1 aliphatic rings. The zero-order valence-corrected chi connectivity index (χ0v) is 18.3. The molecule has 1 heterocycles. The van der Waals surface area contributed by atoms with Crippen molar-refractivity contribution in [2.24, 2.45) is 0 Å². The molecule has 1 atom stereocenters. The van der Waals surface area contributed by atoms with E-state index in [2.05, 4.69) is 0 Å². The topological polar surface area (TPSA) is 61.8 Å². The molecular weight excluding hydrogens is 479 g/mol. The van der Waals surface area contributed by atoms with Gasteiger partial charge in [0.05, 0.1) is 0 Å². The summed E-state index contributed by atoms with van der Waals surface area (Å²) >= 11 is -2.57. The van der Waals surface area contributed by atoms with Crippen molar-refractivity contribution in [3.8, 4) is 5.75 Å². The molecule has 0 aliphatic carbocycles. The van der Waals surface area contributed by atoms with Gasteiger partial charge in [0.1, 0.15) is 0 Å². The third-order valence-electron chi connectivity index (χ3n) is 4.01. The van der Waals surface area contributed by atoms with Gasteiger partial charge in [-0.05, 0) is 0 Å². The summed E-state index contributed by atoms with van der Waals surface area (Å²) in [4.78, 5) is 0. The van der Waals surface area contributed by atoms with Crippen LogP contribution in [0.25, 0.3) is 0 Å². The van der Waals surface area contributed by atoms with E-state index in [0.29, 0.717) is 6.42 Å². The van der Waals surface area contributed by atoms with Gasteiger partial charge in [-0.25, -0.2) is 0 Å². The molecule has 27 heavy (non-hydrogen) atoms. The molecule has 1 aliphatic heterocycles. The van der Waals surface area contributed by atoms with Crippen molar-refractivity contribution in [2.75, 3.05) is 12.4 Å². The first-order valence-corrected chi connectivity index (χ1v) is 13.7. The van der Waals surface area contributed by atoms with E-state index in [0.717, 1.165) is 38.8 Å². The van der Waals surface area contributed by atoms with Crippen molar-refractivity contribution >= 4 is 30.4 Å². The fourth-order valence-electron chi connectivity index (χ4n) is 2.60. The standard InChI is InChI=1S/C20H25IO5S/c1-2-3-16-27(22,23)26-21(17-8-5-4-6-9-17)18-11-13-19(14-12-18)25-20-10-7-15-24-20/h4-6,8-9,11-14,20H,2-3,7,10,15-16H2,1H3. The van der Waals surface area contributed by atoms with Crippen molar-refractivity contribution in [1.82, 2.24) is 0 Å². The Balaban J connectivity index is 1.79. The molecule has 3 rings (SSSR count). The molecule has 1 unspecified atom stereocenters. The Kier molecular flexibility index (Phi) is 7.51. The van der Waals surface area contributed by atoms with E-state index >= 15 is 0 Å². The summed E-state index contributed by atoms with van der Waals surface area (Å²) < 4.78 is 43.8. The van der Waals surface area contributed by atoms with Crippen LogP contribution in [-0.4, -0.2) is 27.1 Å². The minimum atomic E-state index is -3.55. The Bertz CT molecular complexity index is 802. The van der Waals surface area contributed by atoms with Gasteiger partial charge in [0, 0.05) is 0 Å². The molecule has 2 aromatic rings. The number of ether oxygens (including phenoxy) is 2. The van der Waals surface area contributed by atoms with Gasteiger partial charge in [-0.2, -0.15) is 0 Å². The normalized spacial score (nSPS) is 17.7. The molecule has 5 nitrogen and oxygen atoms in total. The molecule has 1 fully saturated rings. The van der Waals surface area contributed by atoms with E-state index in [1.54, 1.807) is 0 Å². The second-order valence-corrected chi connectivity index (χ2v) is 12.9. The molecule has 0 N–H and O–H groups in total. The Morgan fingerprint density at radius 3 is 2.41 bits per heavy atom. The molecule has 0 saturated carbocycles. The summed E-state index contributed by atoms with van der Waals surface area (Å²) in [5.74, 6) is 0.785. The molecule has 7 heteroatoms. The quantitative estimate of drug-likeness (QED) is 0.459. The summed E-state index contributed by atoms with van der Waals surface area (Å²) in [6, 6.07) is 17.2. The number of hydrogen-bond donors (Lipinski definition) is 0. The first kappa shape index (κ1) is 20.6. The van der Waals surface area contributed by atoms with Crippen LogP contribution < -0.4 is 4.74 Å². The third-order valence-corrected chi connectivity index (χ3v) is 11.5. The van der Waals surface area contributed by atoms with E-state index in [9.17, 15) is 8.42 Å². The molecule has 2 aromatic carbocycles. The third kappa shape index (κ3) is 6.17. The van der Waals surface area contributed by atoms with E-state index < -0.39 is 30.4 Å². The molecule has 0 bridgehead atoms. The number of benzene rings is 2. The monoisotopic (exact) mass is 504 g/mol. The molecule has 0 aromatic heterocycles. The Morgan fingerprint density at radius 2 is 1.78 bits per heavy atom. The molecule has 0 amide bonds. The van der Waals surface area contributed by atoms with E-state index in [1.807, 2.05) is 61.5 Å². The van der Waals surface area contributed by atoms with Crippen LogP contribution in [0.15, 0.2) is 54.6 Å². The first-order valence-electron chi connectivity index (χ1n) is 9.13. The van der Waals surface area contributed by atoms with Crippen LogP contribution in [0, 0.1) is 7.14 Å². The Hall–Kier alpha value is -1.16. The van der Waals surface area contributed by atoms with Crippen molar-refractivity contribution in [3.63, 3.8) is 0 Å². The van der Waals surface area contributed by atoms with Crippen LogP contribution in [0.3, 0.4) is 0 Å². The van der Waals surface area contributed by atoms with E-state index in [1.165, 1.54) is 0 Å². The average Bonchev–Trinajstić information content (AvgIpc) is 3.19. The van der Waals surface area contributed by atoms with Crippen LogP contribution in [0.4, 0.5) is 0 Å². The summed E-state index contributed by atoms with van der Waals surface area (Å²) in [6.45, 7) is 2.70. The van der Waals surface area contributed by atoms with Crippen molar-refractivity contribution in [1.29, 1.82) is 0 Å². The number of rotatable bonds is 9. The number of unbranched alkanes of at least 4 members (excludes halogenated alkanes) is 1. The fourth-order valence-corrected chi connectivity index (χ4v) is 9.87. The van der Waals surface area contributed by atoms with Crippen LogP contribution in [0.2, 0.25) is 0 Å². The van der Waals surface area contributed by atoms with E-state index in [-0.39, 0.29) is 12.0 Å². The van der Waals surface area contributed by atoms with Gasteiger partial charge >= 0.3 is 170 Å². The van der Waals surface area contributed by atoms with Gasteiger partial charge in [-0.3, -0.25) is 0 Å². The second-order valence-electron chi connectivity index (χ2n) is 6.24. The number of hydrogen-bond acceptors (Lipinski definition) is 5. The fraction of sp³-hybridized carbons (Fsp3) is 0.400. The average molecular weight is 504 g/mol.